The van der Waals surface area contributed by atoms with Gasteiger partial charge >= 0.3 is 0 Å². The fraction of sp³-hybridized carbons (Fsp3) is 0.500. The van der Waals surface area contributed by atoms with Gasteiger partial charge in [-0.3, -0.25) is 9.78 Å². The molecule has 0 bridgehead atoms. The first-order chi connectivity index (χ1) is 9.39. The second kappa shape index (κ2) is 10.7. The molecule has 22 heavy (non-hydrogen) atoms. The predicted molar refractivity (Wildman–Crippen MR) is 90.1 cm³/mol. The quantitative estimate of drug-likeness (QED) is 0.740. The summed E-state index contributed by atoms with van der Waals surface area (Å²) in [5.74, 6) is -0.254. The first-order valence-corrected chi connectivity index (χ1v) is 7.58. The number of nitrogens with one attached hydrogen (secondary N) is 1. The van der Waals surface area contributed by atoms with Crippen molar-refractivity contribution < 1.29 is 13.2 Å². The average molecular weight is 373 g/mol. The van der Waals surface area contributed by atoms with E-state index in [9.17, 15) is 13.2 Å². The maximum absolute atomic E-state index is 12.2. The maximum atomic E-state index is 12.2. The van der Waals surface area contributed by atoms with E-state index in [0.29, 0.717) is 13.1 Å². The number of hydrogen-bond donors (Lipinski definition) is 1. The molecule has 0 fully saturated rings. The number of rotatable bonds is 7. The number of pyridine rings is 1. The molecule has 0 atom stereocenters. The molecule has 7 nitrogen and oxygen atoms in total. The van der Waals surface area contributed by atoms with E-state index in [1.165, 1.54) is 30.4 Å². The van der Waals surface area contributed by atoms with Crippen LogP contribution in [0.3, 0.4) is 0 Å². The highest BCUT2D eigenvalue weighted by Gasteiger charge is 2.24. The summed E-state index contributed by atoms with van der Waals surface area (Å²) in [5, 5.41) is 2.93. The van der Waals surface area contributed by atoms with E-state index in [-0.39, 0.29) is 42.2 Å². The van der Waals surface area contributed by atoms with E-state index in [1.807, 2.05) is 0 Å². The second-order valence-electron chi connectivity index (χ2n) is 4.37. The summed E-state index contributed by atoms with van der Waals surface area (Å²) in [5.41, 5.74) is 0. The smallest absolute Gasteiger partial charge is 0.244 e. The average Bonchev–Trinajstić information content (AvgIpc) is 2.45. The molecule has 0 saturated heterocycles. The Kier molecular flexibility index (Phi) is 11.4. The molecule has 0 aromatic carbocycles. The van der Waals surface area contributed by atoms with Crippen LogP contribution in [-0.2, 0) is 14.8 Å². The van der Waals surface area contributed by atoms with Crippen LogP contribution in [0.15, 0.2) is 29.4 Å². The summed E-state index contributed by atoms with van der Waals surface area (Å²) in [6, 6.07) is 3.00. The van der Waals surface area contributed by atoms with Gasteiger partial charge in [0.25, 0.3) is 0 Å². The molecule has 1 heterocycles. The molecule has 1 aromatic heterocycles. The topological polar surface area (TPSA) is 82.6 Å². The summed E-state index contributed by atoms with van der Waals surface area (Å²) in [7, 11) is 1.13. The first kappa shape index (κ1) is 23.3. The number of likely N-dealkylation sites (N-methyl/N-ethyl adjacent to an activating group) is 3. The molecule has 1 rings (SSSR count). The Labute approximate surface area is 144 Å². The summed E-state index contributed by atoms with van der Waals surface area (Å²) in [4.78, 5) is 17.3. The van der Waals surface area contributed by atoms with E-state index in [2.05, 4.69) is 10.3 Å². The van der Waals surface area contributed by atoms with Gasteiger partial charge < -0.3 is 10.2 Å². The molecular weight excluding hydrogens is 351 g/mol. The highest BCUT2D eigenvalue weighted by Crippen LogP contribution is 2.12. The lowest BCUT2D eigenvalue weighted by atomic mass is 10.5. The third-order valence-electron chi connectivity index (χ3n) is 2.82. The summed E-state index contributed by atoms with van der Waals surface area (Å²) < 4.78 is 25.4. The van der Waals surface area contributed by atoms with E-state index >= 15 is 0 Å². The van der Waals surface area contributed by atoms with Crippen LogP contribution in [0, 0.1) is 0 Å². The third kappa shape index (κ3) is 6.45. The molecule has 0 unspecified atom stereocenters. The SMILES string of the molecule is CNCCN(C)C(=O)CN(C)S(=O)(=O)c1cccnc1.Cl.Cl. The number of halogens is 2. The normalized spacial score (nSPS) is 10.5. The van der Waals surface area contributed by atoms with E-state index in [0.717, 1.165) is 4.31 Å². The van der Waals surface area contributed by atoms with Gasteiger partial charge in [-0.1, -0.05) is 0 Å². The number of hydrogen-bond acceptors (Lipinski definition) is 5. The van der Waals surface area contributed by atoms with E-state index in [4.69, 9.17) is 0 Å². The molecule has 0 radical (unpaired) electrons. The second-order valence-corrected chi connectivity index (χ2v) is 6.41. The minimum Gasteiger partial charge on any atom is -0.343 e. The maximum Gasteiger partial charge on any atom is 0.244 e. The lowest BCUT2D eigenvalue weighted by molar-refractivity contribution is -0.129. The fourth-order valence-electron chi connectivity index (χ4n) is 1.48. The van der Waals surface area contributed by atoms with Gasteiger partial charge in [0.15, 0.2) is 0 Å². The van der Waals surface area contributed by atoms with Gasteiger partial charge in [-0.2, -0.15) is 4.31 Å². The first-order valence-electron chi connectivity index (χ1n) is 6.14. The van der Waals surface area contributed by atoms with Crippen molar-refractivity contribution in [2.45, 2.75) is 4.90 Å². The molecule has 0 aliphatic carbocycles. The number of carbonyl (C=O) groups excluding carboxylic acids is 1. The number of amides is 1. The van der Waals surface area contributed by atoms with Gasteiger partial charge in [0, 0.05) is 39.6 Å². The van der Waals surface area contributed by atoms with Crippen molar-refractivity contribution in [3.05, 3.63) is 24.5 Å². The van der Waals surface area contributed by atoms with Crippen molar-refractivity contribution in [2.24, 2.45) is 0 Å². The zero-order chi connectivity index (χ0) is 15.2. The van der Waals surface area contributed by atoms with Crippen LogP contribution < -0.4 is 5.32 Å². The Morgan fingerprint density at radius 2 is 1.95 bits per heavy atom. The fourth-order valence-corrected chi connectivity index (χ4v) is 2.56. The molecule has 0 spiro atoms. The zero-order valence-electron chi connectivity index (χ0n) is 12.7. The van der Waals surface area contributed by atoms with Crippen LogP contribution in [0.4, 0.5) is 0 Å². The number of nitrogens with zero attached hydrogens (tertiary/aromatic N) is 3. The Morgan fingerprint density at radius 3 is 2.45 bits per heavy atom. The van der Waals surface area contributed by atoms with Crippen LogP contribution in [0.1, 0.15) is 0 Å². The molecular formula is C12H22Cl2N4O3S. The van der Waals surface area contributed by atoms with Gasteiger partial charge in [-0.15, -0.1) is 24.8 Å². The van der Waals surface area contributed by atoms with Gasteiger partial charge in [0.2, 0.25) is 15.9 Å². The lowest BCUT2D eigenvalue weighted by Gasteiger charge is -2.21. The van der Waals surface area contributed by atoms with Crippen molar-refractivity contribution in [3.63, 3.8) is 0 Å². The highest BCUT2D eigenvalue weighted by molar-refractivity contribution is 7.89. The Bertz CT molecular complexity index is 543. The summed E-state index contributed by atoms with van der Waals surface area (Å²) >= 11 is 0. The van der Waals surface area contributed by atoms with Crippen LogP contribution in [0.25, 0.3) is 0 Å². The predicted octanol–water partition coefficient (Wildman–Crippen LogP) is 0.224. The molecule has 1 amide bonds. The van der Waals surface area contributed by atoms with Crippen molar-refractivity contribution in [2.75, 3.05) is 40.8 Å². The number of carbonyl (C=O) groups is 1. The van der Waals surface area contributed by atoms with E-state index < -0.39 is 10.0 Å². The molecule has 0 aliphatic heterocycles. The minimum atomic E-state index is -3.68. The van der Waals surface area contributed by atoms with Crippen molar-refractivity contribution in [1.29, 1.82) is 0 Å². The van der Waals surface area contributed by atoms with Gasteiger partial charge in [0.05, 0.1) is 6.54 Å². The molecule has 10 heteroatoms. The summed E-state index contributed by atoms with van der Waals surface area (Å²) in [6.45, 7) is 0.981. The lowest BCUT2D eigenvalue weighted by Crippen LogP contribution is -2.41. The highest BCUT2D eigenvalue weighted by atomic mass is 35.5. The number of sulfonamides is 1. The molecule has 1 aromatic rings. The molecule has 1 N–H and O–H groups in total. The van der Waals surface area contributed by atoms with Crippen molar-refractivity contribution >= 4 is 40.7 Å². The zero-order valence-corrected chi connectivity index (χ0v) is 15.2. The molecule has 0 saturated carbocycles. The molecule has 0 aliphatic rings. The van der Waals surface area contributed by atoms with Crippen LogP contribution in [-0.4, -0.2) is 69.3 Å². The number of aromatic nitrogens is 1. The van der Waals surface area contributed by atoms with Gasteiger partial charge in [-0.05, 0) is 19.2 Å². The van der Waals surface area contributed by atoms with Crippen LogP contribution in [0.5, 0.6) is 0 Å². The van der Waals surface area contributed by atoms with E-state index in [1.54, 1.807) is 20.2 Å². The van der Waals surface area contributed by atoms with Crippen molar-refractivity contribution in [3.8, 4) is 0 Å². The Hall–Kier alpha value is -0.930. The Morgan fingerprint density at radius 1 is 1.32 bits per heavy atom. The third-order valence-corrected chi connectivity index (χ3v) is 4.61. The standard InChI is InChI=1S/C12H20N4O3S.2ClH/c1-13-7-8-15(2)12(17)10-16(3)20(18,19)11-5-4-6-14-9-11;;/h4-6,9,13H,7-8,10H2,1-3H3;2*1H. The largest absolute Gasteiger partial charge is 0.343 e. The van der Waals surface area contributed by atoms with Gasteiger partial charge in [-0.25, -0.2) is 8.42 Å². The van der Waals surface area contributed by atoms with Crippen molar-refractivity contribution in [1.82, 2.24) is 19.5 Å². The summed E-state index contributed by atoms with van der Waals surface area (Å²) in [6.07, 6.45) is 2.76. The van der Waals surface area contributed by atoms with Crippen LogP contribution in [0.2, 0.25) is 0 Å². The van der Waals surface area contributed by atoms with Gasteiger partial charge in [0.1, 0.15) is 4.90 Å². The van der Waals surface area contributed by atoms with Crippen LogP contribution >= 0.6 is 24.8 Å². The monoisotopic (exact) mass is 372 g/mol. The minimum absolute atomic E-state index is 0. The Balaban J connectivity index is 0. The molecule has 128 valence electrons.